The number of nitrogen functional groups attached to an aromatic ring is 1. The lowest BCUT2D eigenvalue weighted by molar-refractivity contribution is -0.140. The van der Waals surface area contributed by atoms with Crippen molar-refractivity contribution >= 4 is 17.7 Å². The summed E-state index contributed by atoms with van der Waals surface area (Å²) in [6.45, 7) is 0. The molecule has 1 aromatic heterocycles. The number of carbonyl (C=O) groups excluding carboxylic acids is 1. The maximum absolute atomic E-state index is 10.8. The van der Waals surface area contributed by atoms with Gasteiger partial charge in [-0.25, -0.2) is 4.68 Å². The first kappa shape index (κ1) is 10.8. The first-order valence-electron chi connectivity index (χ1n) is 4.08. The predicted octanol–water partition coefficient (Wildman–Crippen LogP) is 0.0372. The number of rotatable bonds is 5. The van der Waals surface area contributed by atoms with E-state index in [0.29, 0.717) is 11.6 Å². The molecule has 1 heterocycles. The van der Waals surface area contributed by atoms with Crippen LogP contribution >= 0.6 is 11.8 Å². The number of esters is 1. The Morgan fingerprint density at radius 1 is 1.79 bits per heavy atom. The number of hydrogen-bond acceptors (Lipinski definition) is 6. The monoisotopic (exact) mass is 216 g/mol. The molecule has 0 aromatic carbocycles. The lowest BCUT2D eigenvalue weighted by atomic mass is 10.3. The van der Waals surface area contributed by atoms with Gasteiger partial charge >= 0.3 is 5.97 Å². The van der Waals surface area contributed by atoms with Gasteiger partial charge in [-0.2, -0.15) is 0 Å². The van der Waals surface area contributed by atoms with Gasteiger partial charge < -0.3 is 10.6 Å². The van der Waals surface area contributed by atoms with Crippen molar-refractivity contribution in [1.82, 2.24) is 14.9 Å². The molecule has 0 saturated heterocycles. The average Bonchev–Trinajstić information content (AvgIpc) is 2.58. The molecule has 14 heavy (non-hydrogen) atoms. The molecule has 0 amide bonds. The maximum Gasteiger partial charge on any atom is 0.305 e. The van der Waals surface area contributed by atoms with Gasteiger partial charge in [0.2, 0.25) is 5.16 Å². The molecule has 0 bridgehead atoms. The quantitative estimate of drug-likeness (QED) is 0.324. The van der Waals surface area contributed by atoms with Crippen LogP contribution in [0.3, 0.4) is 0 Å². The molecule has 0 spiro atoms. The number of aromatic nitrogens is 3. The topological polar surface area (TPSA) is 83.0 Å². The van der Waals surface area contributed by atoms with Gasteiger partial charge in [0, 0.05) is 12.2 Å². The summed E-state index contributed by atoms with van der Waals surface area (Å²) < 4.78 is 5.86. The van der Waals surface area contributed by atoms with Crippen LogP contribution in [0.4, 0.5) is 0 Å². The van der Waals surface area contributed by atoms with Crippen LogP contribution < -0.4 is 5.84 Å². The molecule has 0 radical (unpaired) electrons. The molecule has 7 heteroatoms. The summed E-state index contributed by atoms with van der Waals surface area (Å²) >= 11 is 1.46. The first-order valence-corrected chi connectivity index (χ1v) is 5.07. The molecule has 6 nitrogen and oxygen atoms in total. The number of ether oxygens (including phenoxy) is 1. The maximum atomic E-state index is 10.8. The van der Waals surface area contributed by atoms with Crippen molar-refractivity contribution in [2.75, 3.05) is 18.7 Å². The third-order valence-corrected chi connectivity index (χ3v) is 2.57. The molecule has 0 aliphatic heterocycles. The molecule has 0 aliphatic carbocycles. The van der Waals surface area contributed by atoms with Gasteiger partial charge in [0.25, 0.3) is 0 Å². The molecule has 0 saturated carbocycles. The highest BCUT2D eigenvalue weighted by Gasteiger charge is 2.03. The van der Waals surface area contributed by atoms with Crippen molar-refractivity contribution in [3.8, 4) is 0 Å². The number of thioether (sulfide) groups is 1. The highest BCUT2D eigenvalue weighted by molar-refractivity contribution is 7.99. The molecular formula is C7H12N4O2S. The number of hydrogen-bond donors (Lipinski definition) is 1. The Morgan fingerprint density at radius 2 is 2.57 bits per heavy atom. The van der Waals surface area contributed by atoms with Crippen LogP contribution in [0.25, 0.3) is 0 Å². The zero-order valence-electron chi connectivity index (χ0n) is 7.84. The SMILES string of the molecule is COC(=O)CCCSc1nncn1N. The zero-order valence-corrected chi connectivity index (χ0v) is 8.66. The Balaban J connectivity index is 2.16. The minimum absolute atomic E-state index is 0.195. The van der Waals surface area contributed by atoms with Crippen LogP contribution in [0.1, 0.15) is 12.8 Å². The largest absolute Gasteiger partial charge is 0.469 e. The van der Waals surface area contributed by atoms with E-state index in [1.54, 1.807) is 0 Å². The van der Waals surface area contributed by atoms with Gasteiger partial charge in [-0.05, 0) is 6.42 Å². The van der Waals surface area contributed by atoms with Gasteiger partial charge in [0.05, 0.1) is 7.11 Å². The molecule has 0 atom stereocenters. The lowest BCUT2D eigenvalue weighted by Gasteiger charge is -1.99. The van der Waals surface area contributed by atoms with Crippen molar-refractivity contribution < 1.29 is 9.53 Å². The van der Waals surface area contributed by atoms with E-state index in [4.69, 9.17) is 5.84 Å². The second-order valence-electron chi connectivity index (χ2n) is 2.55. The first-order chi connectivity index (χ1) is 6.74. The highest BCUT2D eigenvalue weighted by Crippen LogP contribution is 2.14. The molecule has 1 rings (SSSR count). The van der Waals surface area contributed by atoms with Crippen LogP contribution in [-0.4, -0.2) is 33.7 Å². The molecular weight excluding hydrogens is 204 g/mol. The van der Waals surface area contributed by atoms with E-state index in [9.17, 15) is 4.79 Å². The third-order valence-electron chi connectivity index (χ3n) is 1.52. The summed E-state index contributed by atoms with van der Waals surface area (Å²) in [6, 6.07) is 0. The van der Waals surface area contributed by atoms with Crippen molar-refractivity contribution in [2.45, 2.75) is 18.0 Å². The number of methoxy groups -OCH3 is 1. The van der Waals surface area contributed by atoms with E-state index in [0.717, 1.165) is 12.2 Å². The minimum atomic E-state index is -0.195. The van der Waals surface area contributed by atoms with E-state index >= 15 is 0 Å². The second kappa shape index (κ2) is 5.48. The lowest BCUT2D eigenvalue weighted by Crippen LogP contribution is -2.08. The summed E-state index contributed by atoms with van der Waals surface area (Å²) in [5.74, 6) is 6.06. The van der Waals surface area contributed by atoms with E-state index in [-0.39, 0.29) is 5.97 Å². The molecule has 78 valence electrons. The molecule has 0 unspecified atom stereocenters. The van der Waals surface area contributed by atoms with Crippen LogP contribution in [-0.2, 0) is 9.53 Å². The standard InChI is InChI=1S/C7H12N4O2S/c1-13-6(12)3-2-4-14-7-10-9-5-11(7)8/h5H,2-4,8H2,1H3. The van der Waals surface area contributed by atoms with E-state index in [1.807, 2.05) is 0 Å². The predicted molar refractivity (Wildman–Crippen MR) is 52.1 cm³/mol. The summed E-state index contributed by atoms with van der Waals surface area (Å²) in [4.78, 5) is 10.8. The van der Waals surface area contributed by atoms with E-state index in [1.165, 1.54) is 29.9 Å². The van der Waals surface area contributed by atoms with Crippen LogP contribution in [0.15, 0.2) is 11.5 Å². The van der Waals surface area contributed by atoms with E-state index < -0.39 is 0 Å². The summed E-state index contributed by atoms with van der Waals surface area (Å²) in [7, 11) is 1.38. The summed E-state index contributed by atoms with van der Waals surface area (Å²) in [6.07, 6.45) is 2.59. The Kier molecular flexibility index (Phi) is 4.24. The molecule has 1 aromatic rings. The van der Waals surface area contributed by atoms with E-state index in [2.05, 4.69) is 14.9 Å². The normalized spacial score (nSPS) is 10.1. The number of carbonyl (C=O) groups is 1. The van der Waals surface area contributed by atoms with Crippen LogP contribution in [0.2, 0.25) is 0 Å². The smallest absolute Gasteiger partial charge is 0.305 e. The molecule has 0 fully saturated rings. The summed E-state index contributed by atoms with van der Waals surface area (Å²) in [5.41, 5.74) is 0. The number of nitrogens with two attached hydrogens (primary N) is 1. The van der Waals surface area contributed by atoms with Crippen LogP contribution in [0, 0.1) is 0 Å². The fraction of sp³-hybridized carbons (Fsp3) is 0.571. The zero-order chi connectivity index (χ0) is 10.4. The van der Waals surface area contributed by atoms with Gasteiger partial charge in [-0.1, -0.05) is 11.8 Å². The van der Waals surface area contributed by atoms with Gasteiger partial charge in [-0.15, -0.1) is 10.2 Å². The van der Waals surface area contributed by atoms with Crippen LogP contribution in [0.5, 0.6) is 0 Å². The van der Waals surface area contributed by atoms with Crippen molar-refractivity contribution in [3.05, 3.63) is 6.33 Å². The van der Waals surface area contributed by atoms with Gasteiger partial charge in [0.1, 0.15) is 6.33 Å². The molecule has 0 aliphatic rings. The van der Waals surface area contributed by atoms with Crippen molar-refractivity contribution in [2.24, 2.45) is 0 Å². The molecule has 2 N–H and O–H groups in total. The number of nitrogens with zero attached hydrogens (tertiary/aromatic N) is 3. The summed E-state index contributed by atoms with van der Waals surface area (Å²) in [5, 5.41) is 8.06. The third kappa shape index (κ3) is 3.25. The van der Waals surface area contributed by atoms with Crippen molar-refractivity contribution in [3.63, 3.8) is 0 Å². The fourth-order valence-electron chi connectivity index (χ4n) is 0.817. The fourth-order valence-corrected chi connectivity index (χ4v) is 1.59. The van der Waals surface area contributed by atoms with Gasteiger partial charge in [-0.3, -0.25) is 4.79 Å². The van der Waals surface area contributed by atoms with Crippen molar-refractivity contribution in [1.29, 1.82) is 0 Å². The van der Waals surface area contributed by atoms with Gasteiger partial charge in [0.15, 0.2) is 0 Å². The minimum Gasteiger partial charge on any atom is -0.469 e. The Labute approximate surface area is 85.8 Å². The highest BCUT2D eigenvalue weighted by atomic mass is 32.2. The Morgan fingerprint density at radius 3 is 3.14 bits per heavy atom. The Hall–Kier alpha value is -1.24. The second-order valence-corrected chi connectivity index (χ2v) is 3.61. The average molecular weight is 216 g/mol. The Bertz CT molecular complexity index is 302.